The van der Waals surface area contributed by atoms with Crippen LogP contribution in [0.25, 0.3) is 0 Å². The van der Waals surface area contributed by atoms with Crippen LogP contribution in [0.4, 0.5) is 5.00 Å². The van der Waals surface area contributed by atoms with E-state index in [-0.39, 0.29) is 25.0 Å². The summed E-state index contributed by atoms with van der Waals surface area (Å²) in [7, 11) is 0. The van der Waals surface area contributed by atoms with Crippen LogP contribution in [0.15, 0.2) is 17.5 Å². The molecule has 2 aliphatic heterocycles. The molecule has 11 heteroatoms. The van der Waals surface area contributed by atoms with E-state index in [9.17, 15) is 24.3 Å². The second kappa shape index (κ2) is 8.19. The Morgan fingerprint density at radius 1 is 1.44 bits per heavy atom. The first-order chi connectivity index (χ1) is 12.9. The van der Waals surface area contributed by atoms with E-state index < -0.39 is 34.5 Å². The summed E-state index contributed by atoms with van der Waals surface area (Å²) in [5, 5.41) is 10.9. The molecule has 3 unspecified atom stereocenters. The first-order valence-corrected chi connectivity index (χ1v) is 11.1. The van der Waals surface area contributed by atoms with Gasteiger partial charge in [-0.2, -0.15) is 0 Å². The minimum absolute atomic E-state index is 0.0265. The molecule has 2 saturated heterocycles. The van der Waals surface area contributed by atoms with E-state index in [0.29, 0.717) is 10.3 Å². The number of esters is 1. The molecule has 0 aliphatic carbocycles. The number of carbonyl (C=O) groups is 4. The minimum Gasteiger partial charge on any atom is -0.480 e. The van der Waals surface area contributed by atoms with Gasteiger partial charge in [0.1, 0.15) is 23.3 Å². The smallest absolute Gasteiger partial charge is 0.317 e. The molecule has 8 nitrogen and oxygen atoms in total. The molecule has 2 fully saturated rings. The maximum absolute atomic E-state index is 12.7. The lowest BCUT2D eigenvalue weighted by molar-refractivity contribution is -0.158. The van der Waals surface area contributed by atoms with Gasteiger partial charge in [-0.05, 0) is 17.5 Å². The van der Waals surface area contributed by atoms with Crippen molar-refractivity contribution in [3.63, 3.8) is 0 Å². The Hall–Kier alpha value is -1.59. The average Bonchev–Trinajstić information content (AvgIpc) is 3.16. The number of carboxylic acids is 1. The van der Waals surface area contributed by atoms with Crippen LogP contribution < -0.4 is 4.90 Å². The number of hydrogen-bond acceptors (Lipinski definition) is 7. The summed E-state index contributed by atoms with van der Waals surface area (Å²) in [6.07, 6.45) is 0. The highest BCUT2D eigenvalue weighted by Gasteiger charge is 2.59. The second-order valence-electron chi connectivity index (χ2n) is 6.02. The lowest BCUT2D eigenvalue weighted by atomic mass is 9.97. The van der Waals surface area contributed by atoms with Crippen LogP contribution in [0.3, 0.4) is 0 Å². The zero-order valence-electron chi connectivity index (χ0n) is 14.2. The third-order valence-corrected chi connectivity index (χ3v) is 7.19. The largest absolute Gasteiger partial charge is 0.480 e. The maximum atomic E-state index is 12.7. The molecule has 3 rings (SSSR count). The molecule has 1 aromatic rings. The quantitative estimate of drug-likeness (QED) is 0.375. The summed E-state index contributed by atoms with van der Waals surface area (Å²) >= 11 is 5.49. The van der Waals surface area contributed by atoms with Crippen molar-refractivity contribution in [1.29, 1.82) is 0 Å². The Kier molecular flexibility index (Phi) is 6.11. The number of thiophene rings is 1. The Balaban J connectivity index is 1.82. The van der Waals surface area contributed by atoms with Gasteiger partial charge in [-0.25, -0.2) is 0 Å². The number of carbonyl (C=O) groups excluding carboxylic acids is 3. The number of thioether (sulfide) groups is 1. The summed E-state index contributed by atoms with van der Waals surface area (Å²) in [6.45, 7) is 1.47. The number of fused-ring (bicyclic) bond motifs is 1. The van der Waals surface area contributed by atoms with Gasteiger partial charge in [0.15, 0.2) is 0 Å². The molecule has 2 amide bonds. The number of β-lactam (4-membered cyclic amide) rings is 1. The fraction of sp³-hybridized carbons (Fsp3) is 0.500. The molecule has 0 bridgehead atoms. The number of anilines is 1. The normalized spacial score (nSPS) is 26.7. The van der Waals surface area contributed by atoms with Crippen molar-refractivity contribution < 1.29 is 29.0 Å². The van der Waals surface area contributed by atoms with Gasteiger partial charge in [0.2, 0.25) is 11.8 Å². The zero-order valence-corrected chi connectivity index (χ0v) is 17.5. The lowest BCUT2D eigenvalue weighted by Crippen LogP contribution is -2.74. The highest BCUT2D eigenvalue weighted by Crippen LogP contribution is 2.45. The Morgan fingerprint density at radius 3 is 2.74 bits per heavy atom. The van der Waals surface area contributed by atoms with Gasteiger partial charge < -0.3 is 14.7 Å². The molecule has 0 aromatic carbocycles. The van der Waals surface area contributed by atoms with E-state index in [1.54, 1.807) is 17.5 Å². The van der Waals surface area contributed by atoms with Crippen LogP contribution in [0.1, 0.15) is 6.92 Å². The van der Waals surface area contributed by atoms with E-state index in [4.69, 9.17) is 4.74 Å². The summed E-state index contributed by atoms with van der Waals surface area (Å²) < 4.78 is 5.06. The fourth-order valence-corrected chi connectivity index (χ4v) is 5.71. The number of carboxylic acid groups (broad SMARTS) is 1. The third kappa shape index (κ3) is 3.72. The number of ether oxygens (including phenoxy) is 1. The van der Waals surface area contributed by atoms with Crippen LogP contribution in [-0.4, -0.2) is 68.9 Å². The van der Waals surface area contributed by atoms with Gasteiger partial charge in [0.25, 0.3) is 0 Å². The molecular weight excluding hydrogens is 460 g/mol. The lowest BCUT2D eigenvalue weighted by Gasteiger charge is -2.54. The molecule has 2 aliphatic rings. The van der Waals surface area contributed by atoms with Gasteiger partial charge in [0, 0.05) is 18.8 Å². The van der Waals surface area contributed by atoms with E-state index in [2.05, 4.69) is 15.9 Å². The van der Waals surface area contributed by atoms with Gasteiger partial charge in [-0.3, -0.25) is 24.1 Å². The van der Waals surface area contributed by atoms with Crippen LogP contribution in [0.2, 0.25) is 0 Å². The SMILES string of the molecule is CC(=O)N(c1cccs1)C1C(=O)N2CC(C(=O)OCCBr)C(C(=O)O)S[C@H]12. The third-order valence-electron chi connectivity index (χ3n) is 4.39. The Labute approximate surface area is 172 Å². The van der Waals surface area contributed by atoms with Crippen LogP contribution in [0, 0.1) is 5.92 Å². The van der Waals surface area contributed by atoms with Crippen molar-refractivity contribution in [3.8, 4) is 0 Å². The number of aliphatic carboxylic acids is 1. The molecule has 0 spiro atoms. The van der Waals surface area contributed by atoms with Gasteiger partial charge in [-0.15, -0.1) is 23.1 Å². The van der Waals surface area contributed by atoms with Crippen molar-refractivity contribution >= 4 is 67.8 Å². The van der Waals surface area contributed by atoms with E-state index >= 15 is 0 Å². The number of amides is 2. The van der Waals surface area contributed by atoms with E-state index in [1.165, 1.54) is 28.1 Å². The second-order valence-corrected chi connectivity index (χ2v) is 9.01. The van der Waals surface area contributed by atoms with Crippen LogP contribution >= 0.6 is 39.0 Å². The Bertz CT molecular complexity index is 758. The molecule has 1 aromatic heterocycles. The van der Waals surface area contributed by atoms with Crippen LogP contribution in [-0.2, 0) is 23.9 Å². The summed E-state index contributed by atoms with van der Waals surface area (Å²) in [5.41, 5.74) is 0. The van der Waals surface area contributed by atoms with Crippen molar-refractivity contribution in [2.45, 2.75) is 23.6 Å². The minimum atomic E-state index is -1.14. The van der Waals surface area contributed by atoms with E-state index in [0.717, 1.165) is 11.8 Å². The first-order valence-electron chi connectivity index (χ1n) is 8.11. The Morgan fingerprint density at radius 2 is 2.19 bits per heavy atom. The highest BCUT2D eigenvalue weighted by atomic mass is 79.9. The summed E-state index contributed by atoms with van der Waals surface area (Å²) in [4.78, 5) is 51.7. The molecule has 4 atom stereocenters. The fourth-order valence-electron chi connectivity index (χ4n) is 3.21. The number of nitrogens with zero attached hydrogens (tertiary/aromatic N) is 2. The van der Waals surface area contributed by atoms with Crippen molar-refractivity contribution in [2.75, 3.05) is 23.4 Å². The molecule has 27 heavy (non-hydrogen) atoms. The number of hydrogen-bond donors (Lipinski definition) is 1. The monoisotopic (exact) mass is 476 g/mol. The standard InChI is InChI=1S/C16H17BrN2O6S2/c1-8(20)19(10-3-2-6-26-10)11-13(21)18-7-9(16(24)25-5-4-17)12(15(22)23)27-14(11)18/h2-3,6,9,11-12,14H,4-5,7H2,1H3,(H,22,23)/t9?,11?,12?,14-/m1/s1. The molecule has 1 N–H and O–H groups in total. The van der Waals surface area contributed by atoms with Gasteiger partial charge in [0.05, 0.1) is 10.9 Å². The van der Waals surface area contributed by atoms with Gasteiger partial charge >= 0.3 is 11.9 Å². The zero-order chi connectivity index (χ0) is 19.7. The predicted molar refractivity (Wildman–Crippen MR) is 104 cm³/mol. The molecule has 0 radical (unpaired) electrons. The summed E-state index contributed by atoms with van der Waals surface area (Å²) in [5.74, 6) is -3.30. The number of rotatable bonds is 6. The van der Waals surface area contributed by atoms with Crippen LogP contribution in [0.5, 0.6) is 0 Å². The van der Waals surface area contributed by atoms with Gasteiger partial charge in [-0.1, -0.05) is 15.9 Å². The molecular formula is C16H17BrN2O6S2. The first kappa shape index (κ1) is 20.2. The average molecular weight is 477 g/mol. The number of alkyl halides is 1. The highest BCUT2D eigenvalue weighted by molar-refractivity contribution is 9.09. The van der Waals surface area contributed by atoms with Crippen molar-refractivity contribution in [3.05, 3.63) is 17.5 Å². The van der Waals surface area contributed by atoms with E-state index in [1.807, 2.05) is 0 Å². The topological polar surface area (TPSA) is 104 Å². The summed E-state index contributed by atoms with van der Waals surface area (Å²) in [6, 6.07) is 2.75. The van der Waals surface area contributed by atoms with Crippen molar-refractivity contribution in [1.82, 2.24) is 4.90 Å². The maximum Gasteiger partial charge on any atom is 0.317 e. The molecule has 3 heterocycles. The molecule has 0 saturated carbocycles. The molecule has 146 valence electrons. The predicted octanol–water partition coefficient (Wildman–Crippen LogP) is 1.39. The number of halogens is 1. The van der Waals surface area contributed by atoms with Crippen molar-refractivity contribution in [2.24, 2.45) is 5.92 Å².